The molecule has 0 amide bonds. The summed E-state index contributed by atoms with van der Waals surface area (Å²) in [5.41, 5.74) is 2.75. The Morgan fingerprint density at radius 3 is 2.79 bits per heavy atom. The highest BCUT2D eigenvalue weighted by Gasteiger charge is 2.23. The molecule has 2 aromatic rings. The molecule has 0 aromatic carbocycles. The van der Waals surface area contributed by atoms with E-state index in [4.69, 9.17) is 4.52 Å². The highest BCUT2D eigenvalue weighted by molar-refractivity contribution is 5.99. The van der Waals surface area contributed by atoms with E-state index in [-0.39, 0.29) is 5.78 Å². The van der Waals surface area contributed by atoms with Crippen LogP contribution in [0.5, 0.6) is 0 Å². The van der Waals surface area contributed by atoms with Gasteiger partial charge in [0, 0.05) is 29.6 Å². The van der Waals surface area contributed by atoms with Crippen LogP contribution in [0.25, 0.3) is 5.82 Å². The molecule has 1 saturated heterocycles. The summed E-state index contributed by atoms with van der Waals surface area (Å²) < 4.78 is 7.18. The molecule has 1 fully saturated rings. The Labute approximate surface area is 143 Å². The van der Waals surface area contributed by atoms with Gasteiger partial charge >= 0.3 is 0 Å². The van der Waals surface area contributed by atoms with Crippen LogP contribution in [0.2, 0.25) is 0 Å². The van der Waals surface area contributed by atoms with Crippen molar-refractivity contribution in [1.29, 1.82) is 0 Å². The van der Waals surface area contributed by atoms with Gasteiger partial charge < -0.3 is 4.52 Å². The average Bonchev–Trinajstić information content (AvgIpc) is 3.10. The quantitative estimate of drug-likeness (QED) is 0.785. The molecule has 1 aliphatic rings. The van der Waals surface area contributed by atoms with E-state index in [1.165, 1.54) is 19.3 Å². The predicted octanol–water partition coefficient (Wildman–Crippen LogP) is 3.70. The molecule has 0 bridgehead atoms. The van der Waals surface area contributed by atoms with Crippen molar-refractivity contribution in [3.63, 3.8) is 0 Å². The van der Waals surface area contributed by atoms with Crippen molar-refractivity contribution in [2.24, 2.45) is 5.92 Å². The van der Waals surface area contributed by atoms with Crippen molar-refractivity contribution >= 4 is 5.78 Å². The number of likely N-dealkylation sites (tertiary alicyclic amines) is 1. The lowest BCUT2D eigenvalue weighted by molar-refractivity contribution is 0.0884. The van der Waals surface area contributed by atoms with Gasteiger partial charge in [0.05, 0.1) is 6.54 Å². The molecule has 0 radical (unpaired) electrons. The van der Waals surface area contributed by atoms with Gasteiger partial charge in [0.2, 0.25) is 0 Å². The minimum atomic E-state index is 0.200. The number of piperidine rings is 1. The second-order valence-corrected chi connectivity index (χ2v) is 6.99. The number of aromatic nitrogens is 2. The minimum absolute atomic E-state index is 0.200. The van der Waals surface area contributed by atoms with Gasteiger partial charge in [0.15, 0.2) is 11.6 Å². The van der Waals surface area contributed by atoms with Crippen LogP contribution in [-0.2, 0) is 0 Å². The van der Waals surface area contributed by atoms with E-state index in [0.29, 0.717) is 6.54 Å². The first-order valence-corrected chi connectivity index (χ1v) is 8.87. The average molecular weight is 329 g/mol. The largest absolute Gasteiger partial charge is 0.360 e. The van der Waals surface area contributed by atoms with Crippen LogP contribution in [0.15, 0.2) is 16.7 Å². The Bertz CT molecular complexity index is 729. The van der Waals surface area contributed by atoms with E-state index in [2.05, 4.69) is 17.0 Å². The molecule has 0 aliphatic carbocycles. The normalized spacial score (nSPS) is 18.9. The van der Waals surface area contributed by atoms with Gasteiger partial charge in [-0.25, -0.2) is 0 Å². The summed E-state index contributed by atoms with van der Waals surface area (Å²) in [6.45, 7) is 10.7. The van der Waals surface area contributed by atoms with Crippen LogP contribution >= 0.6 is 0 Å². The SMILES string of the molecule is CC[C@H]1CCCN(CC(=O)c2cc(C)n(-c3cc(C)on3)c2C)C1. The molecule has 24 heavy (non-hydrogen) atoms. The van der Waals surface area contributed by atoms with Crippen LogP contribution < -0.4 is 0 Å². The molecule has 3 rings (SSSR count). The van der Waals surface area contributed by atoms with Crippen molar-refractivity contribution in [2.75, 3.05) is 19.6 Å². The number of nitrogens with zero attached hydrogens (tertiary/aromatic N) is 3. The molecule has 1 atom stereocenters. The van der Waals surface area contributed by atoms with E-state index >= 15 is 0 Å². The standard InChI is InChI=1S/C19H27N3O2/c1-5-16-7-6-8-21(11-16)12-18(23)17-9-13(2)22(15(17)4)19-10-14(3)24-20-19/h9-10,16H,5-8,11-12H2,1-4H3/t16-/m0/s1. The maximum absolute atomic E-state index is 12.8. The number of Topliss-reactive ketones (excluding diaryl/α,β-unsaturated/α-hetero) is 1. The summed E-state index contributed by atoms with van der Waals surface area (Å²) in [6.07, 6.45) is 3.69. The van der Waals surface area contributed by atoms with E-state index < -0.39 is 0 Å². The van der Waals surface area contributed by atoms with Gasteiger partial charge in [-0.2, -0.15) is 0 Å². The molecule has 0 unspecified atom stereocenters. The first kappa shape index (κ1) is 17.0. The van der Waals surface area contributed by atoms with Crippen LogP contribution in [0, 0.1) is 26.7 Å². The van der Waals surface area contributed by atoms with Crippen LogP contribution in [0.3, 0.4) is 0 Å². The molecule has 3 heterocycles. The van der Waals surface area contributed by atoms with Crippen molar-refractivity contribution in [3.8, 4) is 5.82 Å². The molecular formula is C19H27N3O2. The third-order valence-corrected chi connectivity index (χ3v) is 5.12. The molecule has 5 heteroatoms. The zero-order valence-electron chi connectivity index (χ0n) is 15.1. The van der Waals surface area contributed by atoms with Gasteiger partial charge in [-0.3, -0.25) is 14.3 Å². The van der Waals surface area contributed by atoms with E-state index in [0.717, 1.165) is 47.5 Å². The number of carbonyl (C=O) groups excluding carboxylic acids is 1. The first-order chi connectivity index (χ1) is 11.5. The lowest BCUT2D eigenvalue weighted by Gasteiger charge is -2.31. The van der Waals surface area contributed by atoms with Gasteiger partial charge in [-0.05, 0) is 52.1 Å². The third-order valence-electron chi connectivity index (χ3n) is 5.12. The topological polar surface area (TPSA) is 51.3 Å². The Morgan fingerprint density at radius 2 is 2.12 bits per heavy atom. The fourth-order valence-corrected chi connectivity index (χ4v) is 3.77. The zero-order chi connectivity index (χ0) is 17.3. The van der Waals surface area contributed by atoms with Gasteiger partial charge in [-0.1, -0.05) is 18.5 Å². The summed E-state index contributed by atoms with van der Waals surface area (Å²) in [6, 6.07) is 3.87. The molecule has 130 valence electrons. The minimum Gasteiger partial charge on any atom is -0.360 e. The monoisotopic (exact) mass is 329 g/mol. The van der Waals surface area contributed by atoms with Crippen molar-refractivity contribution in [2.45, 2.75) is 47.0 Å². The van der Waals surface area contributed by atoms with Crippen molar-refractivity contribution in [1.82, 2.24) is 14.6 Å². The molecule has 2 aromatic heterocycles. The number of hydrogen-bond donors (Lipinski definition) is 0. The fraction of sp³-hybridized carbons (Fsp3) is 0.579. The molecule has 0 saturated carbocycles. The van der Waals surface area contributed by atoms with E-state index in [1.807, 2.05) is 37.5 Å². The molecule has 0 spiro atoms. The highest BCUT2D eigenvalue weighted by Crippen LogP contribution is 2.23. The molecule has 1 aliphatic heterocycles. The summed E-state index contributed by atoms with van der Waals surface area (Å²) in [4.78, 5) is 15.1. The lowest BCUT2D eigenvalue weighted by Crippen LogP contribution is -2.38. The highest BCUT2D eigenvalue weighted by atomic mass is 16.5. The van der Waals surface area contributed by atoms with Gasteiger partial charge in [0.1, 0.15) is 5.76 Å². The van der Waals surface area contributed by atoms with Gasteiger partial charge in [-0.15, -0.1) is 0 Å². The molecule has 0 N–H and O–H groups in total. The maximum atomic E-state index is 12.8. The summed E-state index contributed by atoms with van der Waals surface area (Å²) >= 11 is 0. The Hall–Kier alpha value is -1.88. The van der Waals surface area contributed by atoms with E-state index in [1.54, 1.807) is 0 Å². The number of hydrogen-bond acceptors (Lipinski definition) is 4. The smallest absolute Gasteiger partial charge is 0.180 e. The van der Waals surface area contributed by atoms with Crippen LogP contribution in [0.1, 0.15) is 53.7 Å². The zero-order valence-corrected chi connectivity index (χ0v) is 15.1. The third kappa shape index (κ3) is 3.31. The van der Waals surface area contributed by atoms with Crippen LogP contribution in [0.4, 0.5) is 0 Å². The first-order valence-electron chi connectivity index (χ1n) is 8.87. The second-order valence-electron chi connectivity index (χ2n) is 6.99. The van der Waals surface area contributed by atoms with Crippen molar-refractivity contribution in [3.05, 3.63) is 34.8 Å². The number of carbonyl (C=O) groups is 1. The van der Waals surface area contributed by atoms with Crippen LogP contribution in [-0.4, -0.2) is 40.0 Å². The Morgan fingerprint density at radius 1 is 1.33 bits per heavy atom. The summed E-state index contributed by atoms with van der Waals surface area (Å²) in [5, 5.41) is 4.08. The predicted molar refractivity (Wildman–Crippen MR) is 93.8 cm³/mol. The second kappa shape index (κ2) is 6.93. The van der Waals surface area contributed by atoms with Crippen molar-refractivity contribution < 1.29 is 9.32 Å². The fourth-order valence-electron chi connectivity index (χ4n) is 3.77. The number of ketones is 1. The maximum Gasteiger partial charge on any atom is 0.180 e. The molecule has 5 nitrogen and oxygen atoms in total. The number of rotatable bonds is 5. The van der Waals surface area contributed by atoms with E-state index in [9.17, 15) is 4.79 Å². The summed E-state index contributed by atoms with van der Waals surface area (Å²) in [5.74, 6) is 2.44. The lowest BCUT2D eigenvalue weighted by atomic mass is 9.95. The number of aryl methyl sites for hydroxylation is 2. The van der Waals surface area contributed by atoms with Gasteiger partial charge in [0.25, 0.3) is 0 Å². The Kier molecular flexibility index (Phi) is 4.90. The Balaban J connectivity index is 1.78. The molecular weight excluding hydrogens is 302 g/mol. The summed E-state index contributed by atoms with van der Waals surface area (Å²) in [7, 11) is 0.